The Balaban J connectivity index is 1.80. The summed E-state index contributed by atoms with van der Waals surface area (Å²) >= 11 is 0. The highest BCUT2D eigenvalue weighted by Gasteiger charge is 2.29. The minimum absolute atomic E-state index is 0.165. The maximum Gasteiger partial charge on any atom is 0.326 e. The van der Waals surface area contributed by atoms with Gasteiger partial charge in [-0.1, -0.05) is 48.5 Å². The molecule has 3 rings (SSSR count). The lowest BCUT2D eigenvalue weighted by molar-refractivity contribution is -0.142. The monoisotopic (exact) mass is 465 g/mol. The van der Waals surface area contributed by atoms with Gasteiger partial charge in [-0.2, -0.15) is 0 Å². The predicted molar refractivity (Wildman–Crippen MR) is 130 cm³/mol. The summed E-state index contributed by atoms with van der Waals surface area (Å²) in [5.41, 5.74) is 13.9. The van der Waals surface area contributed by atoms with E-state index in [1.165, 1.54) is 0 Å². The van der Waals surface area contributed by atoms with E-state index in [0.717, 1.165) is 16.5 Å². The molecular weight excluding hydrogens is 434 g/mol. The summed E-state index contributed by atoms with van der Waals surface area (Å²) in [7, 11) is 0. The van der Waals surface area contributed by atoms with Gasteiger partial charge in [-0.3, -0.25) is 9.59 Å². The Morgan fingerprint density at radius 1 is 0.912 bits per heavy atom. The Bertz CT molecular complexity index is 1110. The van der Waals surface area contributed by atoms with Crippen LogP contribution in [0.3, 0.4) is 0 Å². The average Bonchev–Trinajstić information content (AvgIpc) is 3.25. The number of nitrogens with one attached hydrogen (secondary N) is 3. The number of benzene rings is 2. The molecule has 9 heteroatoms. The van der Waals surface area contributed by atoms with Gasteiger partial charge in [0.05, 0.1) is 0 Å². The van der Waals surface area contributed by atoms with Gasteiger partial charge >= 0.3 is 5.97 Å². The van der Waals surface area contributed by atoms with Crippen LogP contribution in [0, 0.1) is 0 Å². The minimum Gasteiger partial charge on any atom is -0.480 e. The minimum atomic E-state index is -1.14. The van der Waals surface area contributed by atoms with Crippen LogP contribution in [0.2, 0.25) is 0 Å². The number of aliphatic carboxylic acids is 1. The molecule has 0 aliphatic heterocycles. The molecule has 0 unspecified atom stereocenters. The molecule has 9 nitrogen and oxygen atoms in total. The van der Waals surface area contributed by atoms with Gasteiger partial charge in [0, 0.05) is 23.5 Å². The van der Waals surface area contributed by atoms with E-state index in [1.807, 2.05) is 30.3 Å². The number of hydrogen-bond donors (Lipinski definition) is 6. The molecule has 0 saturated carbocycles. The second kappa shape index (κ2) is 12.0. The van der Waals surface area contributed by atoms with Gasteiger partial charge < -0.3 is 32.2 Å². The molecule has 0 bridgehead atoms. The van der Waals surface area contributed by atoms with E-state index in [4.69, 9.17) is 11.5 Å². The van der Waals surface area contributed by atoms with Crippen LogP contribution >= 0.6 is 0 Å². The first-order valence-corrected chi connectivity index (χ1v) is 11.3. The van der Waals surface area contributed by atoms with E-state index < -0.39 is 35.9 Å². The quantitative estimate of drug-likeness (QED) is 0.222. The van der Waals surface area contributed by atoms with Crippen molar-refractivity contribution in [1.82, 2.24) is 15.6 Å². The van der Waals surface area contributed by atoms with Crippen molar-refractivity contribution < 1.29 is 19.5 Å². The van der Waals surface area contributed by atoms with Crippen molar-refractivity contribution >= 4 is 28.7 Å². The number of hydrogen-bond acceptors (Lipinski definition) is 5. The van der Waals surface area contributed by atoms with E-state index in [1.54, 1.807) is 30.5 Å². The number of H-pyrrole nitrogens is 1. The second-order valence-electron chi connectivity index (χ2n) is 8.20. The van der Waals surface area contributed by atoms with E-state index in [9.17, 15) is 19.5 Å². The topological polar surface area (TPSA) is 163 Å². The first-order chi connectivity index (χ1) is 16.4. The lowest BCUT2D eigenvalue weighted by atomic mass is 10.0. The molecule has 2 aromatic carbocycles. The molecule has 8 N–H and O–H groups in total. The molecule has 0 spiro atoms. The number of unbranched alkanes of at least 4 members (excludes halogenated alkanes) is 1. The number of aromatic amines is 1. The van der Waals surface area contributed by atoms with Crippen molar-refractivity contribution in [3.05, 3.63) is 71.9 Å². The molecule has 0 aliphatic carbocycles. The first kappa shape index (κ1) is 24.9. The standard InChI is InChI=1S/C25H31N5O4/c26-13-7-6-12-20(25(33)34)29-23(31)21(14-17-15-28-19-11-5-4-10-18(17)19)30-24(32)22(27)16-8-2-1-3-9-16/h1-5,8-11,15,20-22,28H,6-7,12-14,26-27H2,(H,29,31)(H,30,32)(H,33,34)/t20-,21+,22-/m0/s1. The highest BCUT2D eigenvalue weighted by molar-refractivity contribution is 5.93. The van der Waals surface area contributed by atoms with Crippen LogP contribution < -0.4 is 22.1 Å². The fraction of sp³-hybridized carbons (Fsp3) is 0.320. The number of carbonyl (C=O) groups excluding carboxylic acids is 2. The highest BCUT2D eigenvalue weighted by Crippen LogP contribution is 2.20. The third-order valence-corrected chi connectivity index (χ3v) is 5.73. The molecule has 0 saturated heterocycles. The largest absolute Gasteiger partial charge is 0.480 e. The van der Waals surface area contributed by atoms with Crippen molar-refractivity contribution in [2.75, 3.05) is 6.54 Å². The van der Waals surface area contributed by atoms with Crippen molar-refractivity contribution in [3.8, 4) is 0 Å². The Hall–Kier alpha value is -3.69. The number of carboxylic acid groups (broad SMARTS) is 1. The van der Waals surface area contributed by atoms with Crippen LogP contribution in [0.4, 0.5) is 0 Å². The summed E-state index contributed by atoms with van der Waals surface area (Å²) in [6.07, 6.45) is 3.41. The van der Waals surface area contributed by atoms with Crippen LogP contribution in [0.1, 0.15) is 36.4 Å². The first-order valence-electron chi connectivity index (χ1n) is 11.3. The number of para-hydroxylation sites is 1. The summed E-state index contributed by atoms with van der Waals surface area (Å²) in [5, 5.41) is 15.8. The third kappa shape index (κ3) is 6.43. The van der Waals surface area contributed by atoms with Crippen molar-refractivity contribution in [3.63, 3.8) is 0 Å². The van der Waals surface area contributed by atoms with Gasteiger partial charge in [0.25, 0.3) is 0 Å². The fourth-order valence-electron chi connectivity index (χ4n) is 3.83. The summed E-state index contributed by atoms with van der Waals surface area (Å²) in [4.78, 5) is 41.0. The highest BCUT2D eigenvalue weighted by atomic mass is 16.4. The van der Waals surface area contributed by atoms with Gasteiger partial charge in [0.15, 0.2) is 0 Å². The van der Waals surface area contributed by atoms with Gasteiger partial charge in [-0.25, -0.2) is 4.79 Å². The van der Waals surface area contributed by atoms with Gasteiger partial charge in [0.2, 0.25) is 11.8 Å². The number of fused-ring (bicyclic) bond motifs is 1. The van der Waals surface area contributed by atoms with Gasteiger partial charge in [-0.05, 0) is 43.0 Å². The molecule has 1 heterocycles. The molecule has 0 aliphatic rings. The van der Waals surface area contributed by atoms with Gasteiger partial charge in [-0.15, -0.1) is 0 Å². The zero-order chi connectivity index (χ0) is 24.5. The van der Waals surface area contributed by atoms with E-state index in [-0.39, 0.29) is 12.8 Å². The SMILES string of the molecule is NCCCC[C@H](NC(=O)[C@@H](Cc1c[nH]c2ccccc12)NC(=O)[C@@H](N)c1ccccc1)C(=O)O. The zero-order valence-electron chi connectivity index (χ0n) is 18.9. The third-order valence-electron chi connectivity index (χ3n) is 5.73. The van der Waals surface area contributed by atoms with E-state index in [0.29, 0.717) is 24.9 Å². The number of nitrogens with two attached hydrogens (primary N) is 2. The Labute approximate surface area is 197 Å². The molecule has 2 amide bonds. The van der Waals surface area contributed by atoms with E-state index in [2.05, 4.69) is 15.6 Å². The zero-order valence-corrected chi connectivity index (χ0v) is 18.9. The Kier molecular flexibility index (Phi) is 8.78. The summed E-state index contributed by atoms with van der Waals surface area (Å²) in [5.74, 6) is -2.25. The van der Waals surface area contributed by atoms with Crippen LogP contribution in [-0.2, 0) is 20.8 Å². The fourth-order valence-corrected chi connectivity index (χ4v) is 3.83. The molecule has 3 aromatic rings. The summed E-state index contributed by atoms with van der Waals surface area (Å²) < 4.78 is 0. The Morgan fingerprint density at radius 3 is 2.29 bits per heavy atom. The number of carbonyl (C=O) groups is 3. The number of amides is 2. The van der Waals surface area contributed by atoms with Crippen molar-refractivity contribution in [2.24, 2.45) is 11.5 Å². The van der Waals surface area contributed by atoms with Crippen LogP contribution in [0.5, 0.6) is 0 Å². The molecule has 0 radical (unpaired) electrons. The van der Waals surface area contributed by atoms with Crippen molar-refractivity contribution in [1.29, 1.82) is 0 Å². The van der Waals surface area contributed by atoms with Crippen LogP contribution in [-0.4, -0.2) is 46.5 Å². The van der Waals surface area contributed by atoms with E-state index >= 15 is 0 Å². The molecule has 34 heavy (non-hydrogen) atoms. The lowest BCUT2D eigenvalue weighted by Gasteiger charge is -2.23. The maximum atomic E-state index is 13.2. The number of aromatic nitrogens is 1. The predicted octanol–water partition coefficient (Wildman–Crippen LogP) is 1.59. The van der Waals surface area contributed by atoms with Crippen molar-refractivity contribution in [2.45, 2.75) is 43.8 Å². The number of rotatable bonds is 12. The molecule has 0 fully saturated rings. The molecular formula is C25H31N5O4. The lowest BCUT2D eigenvalue weighted by Crippen LogP contribution is -2.53. The maximum absolute atomic E-state index is 13.2. The molecule has 1 aromatic heterocycles. The second-order valence-corrected chi connectivity index (χ2v) is 8.20. The summed E-state index contributed by atoms with van der Waals surface area (Å²) in [6, 6.07) is 13.4. The average molecular weight is 466 g/mol. The molecule has 180 valence electrons. The van der Waals surface area contributed by atoms with Crippen LogP contribution in [0.15, 0.2) is 60.8 Å². The smallest absolute Gasteiger partial charge is 0.326 e. The Morgan fingerprint density at radius 2 is 1.59 bits per heavy atom. The number of carboxylic acids is 1. The van der Waals surface area contributed by atoms with Gasteiger partial charge in [0.1, 0.15) is 18.1 Å². The summed E-state index contributed by atoms with van der Waals surface area (Å²) in [6.45, 7) is 0.441. The molecule has 3 atom stereocenters. The van der Waals surface area contributed by atoms with Crippen LogP contribution in [0.25, 0.3) is 10.9 Å². The normalized spacial score (nSPS) is 13.7.